The number of nitrogens with one attached hydrogen (secondary N) is 1. The Labute approximate surface area is 93.3 Å². The number of benzene rings is 1. The lowest BCUT2D eigenvalue weighted by Gasteiger charge is -1.97. The van der Waals surface area contributed by atoms with Crippen LogP contribution >= 0.6 is 0 Å². The predicted molar refractivity (Wildman–Crippen MR) is 62.2 cm³/mol. The van der Waals surface area contributed by atoms with Gasteiger partial charge in [-0.2, -0.15) is 15.1 Å². The molecule has 1 N–H and O–H groups in total. The van der Waals surface area contributed by atoms with Crippen molar-refractivity contribution in [3.63, 3.8) is 0 Å². The van der Waals surface area contributed by atoms with Crippen LogP contribution in [0.15, 0.2) is 41.8 Å². The van der Waals surface area contributed by atoms with Crippen LogP contribution in [0.2, 0.25) is 0 Å². The highest BCUT2D eigenvalue weighted by atomic mass is 15.4. The van der Waals surface area contributed by atoms with Crippen molar-refractivity contribution in [1.82, 2.24) is 15.0 Å². The minimum absolute atomic E-state index is 0.444. The van der Waals surface area contributed by atoms with Gasteiger partial charge in [0.15, 0.2) is 0 Å². The molecule has 0 spiro atoms. The standard InChI is InChI=1S/C11H11N5/c1-9-12-8-13-11(15-9)16-14-7-10-5-3-2-4-6-10/h2-8H,1H3,(H,12,13,15,16). The van der Waals surface area contributed by atoms with Gasteiger partial charge < -0.3 is 0 Å². The second-order valence-corrected chi connectivity index (χ2v) is 3.14. The first-order valence-corrected chi connectivity index (χ1v) is 4.84. The number of aromatic nitrogens is 3. The van der Waals surface area contributed by atoms with E-state index in [1.807, 2.05) is 30.3 Å². The average Bonchev–Trinajstić information content (AvgIpc) is 2.30. The van der Waals surface area contributed by atoms with E-state index in [-0.39, 0.29) is 0 Å². The number of hydrazone groups is 1. The number of hydrogen-bond acceptors (Lipinski definition) is 5. The van der Waals surface area contributed by atoms with Crippen LogP contribution in [0.1, 0.15) is 11.4 Å². The Balaban J connectivity index is 2.00. The van der Waals surface area contributed by atoms with Crippen molar-refractivity contribution in [3.05, 3.63) is 48.0 Å². The van der Waals surface area contributed by atoms with Gasteiger partial charge in [-0.3, -0.25) is 0 Å². The molecule has 5 nitrogen and oxygen atoms in total. The number of rotatable bonds is 3. The quantitative estimate of drug-likeness (QED) is 0.621. The van der Waals surface area contributed by atoms with Gasteiger partial charge in [-0.05, 0) is 12.5 Å². The van der Waals surface area contributed by atoms with Crippen LogP contribution in [-0.4, -0.2) is 21.2 Å². The first-order chi connectivity index (χ1) is 7.84. The van der Waals surface area contributed by atoms with Crippen molar-refractivity contribution in [2.45, 2.75) is 6.92 Å². The van der Waals surface area contributed by atoms with E-state index in [0.29, 0.717) is 11.8 Å². The Morgan fingerprint density at radius 3 is 2.75 bits per heavy atom. The van der Waals surface area contributed by atoms with Crippen molar-refractivity contribution in [2.75, 3.05) is 5.43 Å². The molecule has 0 bridgehead atoms. The monoisotopic (exact) mass is 213 g/mol. The lowest BCUT2D eigenvalue weighted by Crippen LogP contribution is -1.99. The summed E-state index contributed by atoms with van der Waals surface area (Å²) in [7, 11) is 0. The molecule has 0 fully saturated rings. The largest absolute Gasteiger partial charge is 0.246 e. The summed E-state index contributed by atoms with van der Waals surface area (Å²) in [5.41, 5.74) is 3.76. The van der Waals surface area contributed by atoms with Crippen molar-refractivity contribution in [1.29, 1.82) is 0 Å². The van der Waals surface area contributed by atoms with E-state index >= 15 is 0 Å². The molecule has 0 atom stereocenters. The molecule has 0 radical (unpaired) electrons. The van der Waals surface area contributed by atoms with Crippen molar-refractivity contribution in [2.24, 2.45) is 5.10 Å². The molecule has 80 valence electrons. The van der Waals surface area contributed by atoms with E-state index in [0.717, 1.165) is 5.56 Å². The van der Waals surface area contributed by atoms with Gasteiger partial charge in [0.25, 0.3) is 0 Å². The van der Waals surface area contributed by atoms with E-state index in [4.69, 9.17) is 0 Å². The average molecular weight is 213 g/mol. The summed E-state index contributed by atoms with van der Waals surface area (Å²) in [6, 6.07) is 9.79. The van der Waals surface area contributed by atoms with Crippen LogP contribution in [0.5, 0.6) is 0 Å². The molecule has 0 unspecified atom stereocenters. The maximum Gasteiger partial charge on any atom is 0.246 e. The van der Waals surface area contributed by atoms with Crippen LogP contribution in [0, 0.1) is 6.92 Å². The fourth-order valence-electron chi connectivity index (χ4n) is 1.14. The van der Waals surface area contributed by atoms with Crippen LogP contribution in [0.3, 0.4) is 0 Å². The molecule has 0 saturated heterocycles. The fourth-order valence-corrected chi connectivity index (χ4v) is 1.14. The molecule has 1 heterocycles. The number of nitrogens with zero attached hydrogens (tertiary/aromatic N) is 4. The molecule has 0 amide bonds. The Hall–Kier alpha value is -2.30. The second-order valence-electron chi connectivity index (χ2n) is 3.14. The van der Waals surface area contributed by atoms with E-state index in [1.165, 1.54) is 6.33 Å². The Morgan fingerprint density at radius 2 is 2.00 bits per heavy atom. The van der Waals surface area contributed by atoms with Gasteiger partial charge >= 0.3 is 0 Å². The summed E-state index contributed by atoms with van der Waals surface area (Å²) < 4.78 is 0. The molecule has 5 heteroatoms. The molecular weight excluding hydrogens is 202 g/mol. The molecule has 1 aromatic carbocycles. The van der Waals surface area contributed by atoms with Gasteiger partial charge in [-0.1, -0.05) is 30.3 Å². The summed E-state index contributed by atoms with van der Waals surface area (Å²) in [6.07, 6.45) is 3.15. The Kier molecular flexibility index (Phi) is 3.18. The van der Waals surface area contributed by atoms with Crippen LogP contribution in [-0.2, 0) is 0 Å². The molecule has 0 aliphatic rings. The van der Waals surface area contributed by atoms with Gasteiger partial charge in [0.1, 0.15) is 12.2 Å². The van der Waals surface area contributed by atoms with Gasteiger partial charge in [-0.25, -0.2) is 10.4 Å². The summed E-state index contributed by atoms with van der Waals surface area (Å²) in [5, 5.41) is 4.03. The van der Waals surface area contributed by atoms with Gasteiger partial charge in [0.05, 0.1) is 6.21 Å². The minimum Gasteiger partial charge on any atom is -0.245 e. The van der Waals surface area contributed by atoms with Gasteiger partial charge in [0.2, 0.25) is 5.95 Å². The zero-order valence-corrected chi connectivity index (χ0v) is 8.83. The zero-order valence-electron chi connectivity index (χ0n) is 8.83. The molecule has 2 rings (SSSR count). The van der Waals surface area contributed by atoms with E-state index in [1.54, 1.807) is 13.1 Å². The topological polar surface area (TPSA) is 63.1 Å². The fraction of sp³-hybridized carbons (Fsp3) is 0.0909. The first kappa shape index (κ1) is 10.2. The highest BCUT2D eigenvalue weighted by Crippen LogP contribution is 1.97. The summed E-state index contributed by atoms with van der Waals surface area (Å²) in [6.45, 7) is 1.80. The lowest BCUT2D eigenvalue weighted by atomic mass is 10.2. The summed E-state index contributed by atoms with van der Waals surface area (Å²) in [4.78, 5) is 11.9. The van der Waals surface area contributed by atoms with Gasteiger partial charge in [0, 0.05) is 0 Å². The van der Waals surface area contributed by atoms with Crippen LogP contribution in [0.25, 0.3) is 0 Å². The summed E-state index contributed by atoms with van der Waals surface area (Å²) in [5.74, 6) is 1.10. The summed E-state index contributed by atoms with van der Waals surface area (Å²) >= 11 is 0. The maximum absolute atomic E-state index is 4.06. The van der Waals surface area contributed by atoms with Crippen LogP contribution in [0.4, 0.5) is 5.95 Å². The van der Waals surface area contributed by atoms with Crippen molar-refractivity contribution in [3.8, 4) is 0 Å². The zero-order chi connectivity index (χ0) is 11.2. The minimum atomic E-state index is 0.444. The highest BCUT2D eigenvalue weighted by Gasteiger charge is 1.92. The third-order valence-corrected chi connectivity index (χ3v) is 1.87. The van der Waals surface area contributed by atoms with E-state index in [9.17, 15) is 0 Å². The highest BCUT2D eigenvalue weighted by molar-refractivity contribution is 5.79. The smallest absolute Gasteiger partial charge is 0.245 e. The lowest BCUT2D eigenvalue weighted by molar-refractivity contribution is 0.968. The number of hydrogen-bond donors (Lipinski definition) is 1. The molecule has 0 saturated carbocycles. The third-order valence-electron chi connectivity index (χ3n) is 1.87. The second kappa shape index (κ2) is 4.97. The van der Waals surface area contributed by atoms with Gasteiger partial charge in [-0.15, -0.1) is 0 Å². The van der Waals surface area contributed by atoms with Crippen molar-refractivity contribution >= 4 is 12.2 Å². The van der Waals surface area contributed by atoms with E-state index in [2.05, 4.69) is 25.5 Å². The molecule has 0 aliphatic carbocycles. The number of anilines is 1. The third kappa shape index (κ3) is 2.84. The SMILES string of the molecule is Cc1ncnc(NN=Cc2ccccc2)n1. The molecular formula is C11H11N5. The number of aryl methyl sites for hydroxylation is 1. The Morgan fingerprint density at radius 1 is 1.19 bits per heavy atom. The van der Waals surface area contributed by atoms with Crippen molar-refractivity contribution < 1.29 is 0 Å². The predicted octanol–water partition coefficient (Wildman–Crippen LogP) is 1.63. The molecule has 1 aromatic heterocycles. The molecule has 16 heavy (non-hydrogen) atoms. The Bertz CT molecular complexity index is 481. The van der Waals surface area contributed by atoms with E-state index < -0.39 is 0 Å². The first-order valence-electron chi connectivity index (χ1n) is 4.84. The van der Waals surface area contributed by atoms with Crippen LogP contribution < -0.4 is 5.43 Å². The molecule has 0 aliphatic heterocycles. The normalized spacial score (nSPS) is 10.6. The molecule has 2 aromatic rings. The maximum atomic E-state index is 4.06.